The van der Waals surface area contributed by atoms with E-state index in [1.165, 1.54) is 6.20 Å². The monoisotopic (exact) mass is 361 g/mol. The van der Waals surface area contributed by atoms with E-state index in [2.05, 4.69) is 19.9 Å². The zero-order valence-corrected chi connectivity index (χ0v) is 14.7. The van der Waals surface area contributed by atoms with Crippen molar-refractivity contribution in [2.24, 2.45) is 0 Å². The number of hydrogen-bond acceptors (Lipinski definition) is 5. The molecule has 1 N–H and O–H groups in total. The number of aromatic nitrogens is 4. The SMILES string of the molecule is O=C(c1cnc(-c2cccnc2)[nH]c1=O)N1CCCCC1c1ccccn1. The quantitative estimate of drug-likeness (QED) is 0.774. The summed E-state index contributed by atoms with van der Waals surface area (Å²) in [7, 11) is 0. The first-order chi connectivity index (χ1) is 13.2. The van der Waals surface area contributed by atoms with E-state index in [0.717, 1.165) is 25.0 Å². The Morgan fingerprint density at radius 1 is 1.07 bits per heavy atom. The Morgan fingerprint density at radius 3 is 2.74 bits per heavy atom. The van der Waals surface area contributed by atoms with Crippen molar-refractivity contribution < 1.29 is 4.79 Å². The third-order valence-electron chi connectivity index (χ3n) is 4.76. The number of carbonyl (C=O) groups excluding carboxylic acids is 1. The summed E-state index contributed by atoms with van der Waals surface area (Å²) in [6.07, 6.45) is 9.11. The molecule has 1 unspecified atom stereocenters. The number of pyridine rings is 2. The summed E-state index contributed by atoms with van der Waals surface area (Å²) in [6.45, 7) is 0.601. The van der Waals surface area contributed by atoms with Crippen molar-refractivity contribution in [3.05, 3.63) is 76.7 Å². The minimum absolute atomic E-state index is 0.0467. The summed E-state index contributed by atoms with van der Waals surface area (Å²) in [5.41, 5.74) is 1.14. The van der Waals surface area contributed by atoms with E-state index in [1.54, 1.807) is 35.6 Å². The minimum Gasteiger partial charge on any atom is -0.330 e. The second-order valence-corrected chi connectivity index (χ2v) is 6.48. The van der Waals surface area contributed by atoms with E-state index >= 15 is 0 Å². The summed E-state index contributed by atoms with van der Waals surface area (Å²) in [6, 6.07) is 9.13. The Morgan fingerprint density at radius 2 is 2.00 bits per heavy atom. The molecule has 1 atom stereocenters. The van der Waals surface area contributed by atoms with Crippen LogP contribution < -0.4 is 5.56 Å². The van der Waals surface area contributed by atoms with Gasteiger partial charge < -0.3 is 9.88 Å². The number of aromatic amines is 1. The van der Waals surface area contributed by atoms with E-state index in [9.17, 15) is 9.59 Å². The molecule has 1 saturated heterocycles. The van der Waals surface area contributed by atoms with Gasteiger partial charge in [-0.15, -0.1) is 0 Å². The average Bonchev–Trinajstić information content (AvgIpc) is 2.74. The van der Waals surface area contributed by atoms with Crippen molar-refractivity contribution in [3.8, 4) is 11.4 Å². The van der Waals surface area contributed by atoms with Gasteiger partial charge in [0.2, 0.25) is 0 Å². The number of nitrogens with zero attached hydrogens (tertiary/aromatic N) is 4. The molecule has 0 aromatic carbocycles. The maximum atomic E-state index is 13.1. The van der Waals surface area contributed by atoms with Crippen LogP contribution in [0.4, 0.5) is 0 Å². The maximum Gasteiger partial charge on any atom is 0.264 e. The molecule has 7 nitrogen and oxygen atoms in total. The van der Waals surface area contributed by atoms with Crippen LogP contribution in [-0.4, -0.2) is 37.3 Å². The van der Waals surface area contributed by atoms with Gasteiger partial charge in [0.15, 0.2) is 0 Å². The van der Waals surface area contributed by atoms with Crippen molar-refractivity contribution in [1.29, 1.82) is 0 Å². The van der Waals surface area contributed by atoms with Crippen LogP contribution in [0.25, 0.3) is 11.4 Å². The van der Waals surface area contributed by atoms with E-state index < -0.39 is 5.56 Å². The highest BCUT2D eigenvalue weighted by molar-refractivity contribution is 5.94. The van der Waals surface area contributed by atoms with Crippen molar-refractivity contribution in [1.82, 2.24) is 24.8 Å². The van der Waals surface area contributed by atoms with Gasteiger partial charge >= 0.3 is 0 Å². The summed E-state index contributed by atoms with van der Waals surface area (Å²) >= 11 is 0. The van der Waals surface area contributed by atoms with Crippen molar-refractivity contribution in [3.63, 3.8) is 0 Å². The molecule has 1 aliphatic rings. The molecule has 1 amide bonds. The average molecular weight is 361 g/mol. The molecule has 3 aromatic heterocycles. The Kier molecular flexibility index (Phi) is 4.74. The third-order valence-corrected chi connectivity index (χ3v) is 4.76. The highest BCUT2D eigenvalue weighted by Crippen LogP contribution is 2.30. The molecule has 0 aliphatic carbocycles. The smallest absolute Gasteiger partial charge is 0.264 e. The largest absolute Gasteiger partial charge is 0.330 e. The number of piperidine rings is 1. The molecule has 1 fully saturated rings. The first-order valence-corrected chi connectivity index (χ1v) is 8.95. The molecule has 27 heavy (non-hydrogen) atoms. The molecule has 4 rings (SSSR count). The van der Waals surface area contributed by atoms with Crippen LogP contribution in [0.15, 0.2) is 59.9 Å². The number of likely N-dealkylation sites (tertiary alicyclic amines) is 1. The maximum absolute atomic E-state index is 13.1. The normalized spacial score (nSPS) is 16.9. The standard InChI is InChI=1S/C20H19N5O2/c26-19-15(13-23-18(24-19)14-6-5-9-21-12-14)20(27)25-11-4-2-8-17(25)16-7-1-3-10-22-16/h1,3,5-7,9-10,12-13,17H,2,4,8,11H2,(H,23,24,26). The van der Waals surface area contributed by atoms with Crippen molar-refractivity contribution in [2.45, 2.75) is 25.3 Å². The van der Waals surface area contributed by atoms with Crippen molar-refractivity contribution >= 4 is 5.91 Å². The molecule has 0 bridgehead atoms. The molecule has 3 aromatic rings. The highest BCUT2D eigenvalue weighted by atomic mass is 16.2. The van der Waals surface area contributed by atoms with Crippen LogP contribution in [0.2, 0.25) is 0 Å². The van der Waals surface area contributed by atoms with Crippen LogP contribution in [0, 0.1) is 0 Å². The predicted molar refractivity (Wildman–Crippen MR) is 100.0 cm³/mol. The second-order valence-electron chi connectivity index (χ2n) is 6.48. The Labute approximate surface area is 156 Å². The first kappa shape index (κ1) is 17.1. The van der Waals surface area contributed by atoms with Gasteiger partial charge in [-0.2, -0.15) is 0 Å². The Hall–Kier alpha value is -3.35. The molecule has 136 valence electrons. The summed E-state index contributed by atoms with van der Waals surface area (Å²) in [4.78, 5) is 42.8. The number of amides is 1. The van der Waals surface area contributed by atoms with Gasteiger partial charge in [0.25, 0.3) is 11.5 Å². The molecular weight excluding hydrogens is 342 g/mol. The Bertz CT molecular complexity index is 988. The van der Waals surface area contributed by atoms with Gasteiger partial charge in [0.1, 0.15) is 11.4 Å². The molecular formula is C20H19N5O2. The van der Waals surface area contributed by atoms with Crippen LogP contribution >= 0.6 is 0 Å². The van der Waals surface area contributed by atoms with Crippen molar-refractivity contribution in [2.75, 3.05) is 6.54 Å². The van der Waals surface area contributed by atoms with Gasteiger partial charge in [-0.05, 0) is 43.5 Å². The molecule has 7 heteroatoms. The number of nitrogens with one attached hydrogen (secondary N) is 1. The van der Waals surface area contributed by atoms with Crippen LogP contribution in [0.5, 0.6) is 0 Å². The van der Waals surface area contributed by atoms with Gasteiger partial charge in [-0.25, -0.2) is 4.98 Å². The van der Waals surface area contributed by atoms with E-state index in [-0.39, 0.29) is 17.5 Å². The minimum atomic E-state index is -0.445. The van der Waals surface area contributed by atoms with Gasteiger partial charge in [-0.3, -0.25) is 19.6 Å². The number of hydrogen-bond donors (Lipinski definition) is 1. The van der Waals surface area contributed by atoms with E-state index in [0.29, 0.717) is 17.9 Å². The lowest BCUT2D eigenvalue weighted by Crippen LogP contribution is -2.41. The number of H-pyrrole nitrogens is 1. The lowest BCUT2D eigenvalue weighted by atomic mass is 9.98. The fraction of sp³-hybridized carbons (Fsp3) is 0.250. The second kappa shape index (κ2) is 7.49. The van der Waals surface area contributed by atoms with E-state index in [1.807, 2.05) is 18.2 Å². The summed E-state index contributed by atoms with van der Waals surface area (Å²) in [5.74, 6) is 0.0846. The summed E-state index contributed by atoms with van der Waals surface area (Å²) < 4.78 is 0. The Balaban J connectivity index is 1.64. The lowest BCUT2D eigenvalue weighted by molar-refractivity contribution is 0.0603. The molecule has 4 heterocycles. The zero-order valence-electron chi connectivity index (χ0n) is 14.7. The van der Waals surface area contributed by atoms with Crippen LogP contribution in [0.3, 0.4) is 0 Å². The highest BCUT2D eigenvalue weighted by Gasteiger charge is 2.30. The van der Waals surface area contributed by atoms with Crippen LogP contribution in [-0.2, 0) is 0 Å². The first-order valence-electron chi connectivity index (χ1n) is 8.95. The van der Waals surface area contributed by atoms with E-state index in [4.69, 9.17) is 0 Å². The molecule has 0 saturated carbocycles. The number of rotatable bonds is 3. The zero-order chi connectivity index (χ0) is 18.6. The number of carbonyl (C=O) groups is 1. The molecule has 1 aliphatic heterocycles. The topological polar surface area (TPSA) is 91.8 Å². The van der Waals surface area contributed by atoms with Crippen LogP contribution in [0.1, 0.15) is 41.4 Å². The molecule has 0 spiro atoms. The van der Waals surface area contributed by atoms with Gasteiger partial charge in [0.05, 0.1) is 11.7 Å². The van der Waals surface area contributed by atoms with Gasteiger partial charge in [-0.1, -0.05) is 6.07 Å². The fourth-order valence-electron chi connectivity index (χ4n) is 3.41. The summed E-state index contributed by atoms with van der Waals surface area (Å²) in [5, 5.41) is 0. The predicted octanol–water partition coefficient (Wildman–Crippen LogP) is 2.59. The third kappa shape index (κ3) is 3.48. The fourth-order valence-corrected chi connectivity index (χ4v) is 3.41. The lowest BCUT2D eigenvalue weighted by Gasteiger charge is -2.35. The molecule has 0 radical (unpaired) electrons. The van der Waals surface area contributed by atoms with Gasteiger partial charge in [0, 0.05) is 36.9 Å².